The number of hydrogen-bond acceptors (Lipinski definition) is 5. The SMILES string of the molecule is O=[N+]([O-])c1ccc2c(C(O)C(O)CBr)[nH]nc2c1. The van der Waals surface area contributed by atoms with E-state index >= 15 is 0 Å². The molecule has 0 spiro atoms. The van der Waals surface area contributed by atoms with Crippen molar-refractivity contribution in [2.24, 2.45) is 0 Å². The number of nitrogens with one attached hydrogen (secondary N) is 1. The predicted molar refractivity (Wildman–Crippen MR) is 67.5 cm³/mol. The van der Waals surface area contributed by atoms with Crippen molar-refractivity contribution in [2.75, 3.05) is 5.33 Å². The number of rotatable bonds is 4. The van der Waals surface area contributed by atoms with Crippen LogP contribution in [0.1, 0.15) is 11.8 Å². The number of aromatic nitrogens is 2. The van der Waals surface area contributed by atoms with Gasteiger partial charge in [-0.2, -0.15) is 5.10 Å². The van der Waals surface area contributed by atoms with Gasteiger partial charge in [0, 0.05) is 22.8 Å². The van der Waals surface area contributed by atoms with Gasteiger partial charge in [-0.15, -0.1) is 0 Å². The number of benzene rings is 1. The largest absolute Gasteiger partial charge is 0.389 e. The van der Waals surface area contributed by atoms with Crippen LogP contribution in [0.3, 0.4) is 0 Å². The zero-order chi connectivity index (χ0) is 13.3. The number of alkyl halides is 1. The van der Waals surface area contributed by atoms with Crippen LogP contribution in [0, 0.1) is 10.1 Å². The van der Waals surface area contributed by atoms with Gasteiger partial charge in [-0.05, 0) is 6.07 Å². The highest BCUT2D eigenvalue weighted by Crippen LogP contribution is 2.27. The number of nitro benzene ring substituents is 1. The Morgan fingerprint density at radius 2 is 2.22 bits per heavy atom. The summed E-state index contributed by atoms with van der Waals surface area (Å²) < 4.78 is 0. The highest BCUT2D eigenvalue weighted by Gasteiger charge is 2.22. The second-order valence-electron chi connectivity index (χ2n) is 3.76. The van der Waals surface area contributed by atoms with E-state index in [0.717, 1.165) is 0 Å². The molecule has 0 aliphatic carbocycles. The fraction of sp³-hybridized carbons (Fsp3) is 0.300. The molecule has 0 aliphatic rings. The van der Waals surface area contributed by atoms with E-state index in [-0.39, 0.29) is 11.0 Å². The minimum Gasteiger partial charge on any atom is -0.389 e. The summed E-state index contributed by atoms with van der Waals surface area (Å²) in [4.78, 5) is 10.1. The molecule has 2 unspecified atom stereocenters. The van der Waals surface area contributed by atoms with E-state index in [1.807, 2.05) is 0 Å². The second-order valence-corrected chi connectivity index (χ2v) is 4.41. The molecule has 96 valence electrons. The third-order valence-electron chi connectivity index (χ3n) is 2.60. The lowest BCUT2D eigenvalue weighted by Gasteiger charge is -2.13. The number of aromatic amines is 1. The van der Waals surface area contributed by atoms with Gasteiger partial charge in [0.2, 0.25) is 0 Å². The quantitative estimate of drug-likeness (QED) is 0.446. The van der Waals surface area contributed by atoms with Crippen molar-refractivity contribution < 1.29 is 15.1 Å². The topological polar surface area (TPSA) is 112 Å². The second kappa shape index (κ2) is 5.01. The summed E-state index contributed by atoms with van der Waals surface area (Å²) in [5.41, 5.74) is 0.642. The predicted octanol–water partition coefficient (Wildman–Crippen LogP) is 1.26. The van der Waals surface area contributed by atoms with E-state index in [9.17, 15) is 20.3 Å². The van der Waals surface area contributed by atoms with Crippen LogP contribution in [0.4, 0.5) is 5.69 Å². The average molecular weight is 316 g/mol. The zero-order valence-electron chi connectivity index (χ0n) is 9.08. The first kappa shape index (κ1) is 12.9. The van der Waals surface area contributed by atoms with Gasteiger partial charge in [0.15, 0.2) is 0 Å². The number of hydrogen-bond donors (Lipinski definition) is 3. The van der Waals surface area contributed by atoms with E-state index in [1.165, 1.54) is 18.2 Å². The third kappa shape index (κ3) is 2.22. The zero-order valence-corrected chi connectivity index (χ0v) is 10.7. The summed E-state index contributed by atoms with van der Waals surface area (Å²) in [6.07, 6.45) is -2.11. The normalized spacial score (nSPS) is 14.6. The lowest BCUT2D eigenvalue weighted by molar-refractivity contribution is -0.384. The van der Waals surface area contributed by atoms with Crippen LogP contribution in [0.2, 0.25) is 0 Å². The number of aliphatic hydroxyl groups excluding tert-OH is 2. The molecule has 18 heavy (non-hydrogen) atoms. The molecular weight excluding hydrogens is 306 g/mol. The number of aliphatic hydroxyl groups is 2. The minimum absolute atomic E-state index is 0.0731. The molecule has 1 aromatic carbocycles. The molecular formula is C10H10BrN3O4. The van der Waals surface area contributed by atoms with Crippen LogP contribution >= 0.6 is 15.9 Å². The number of non-ortho nitro benzene ring substituents is 1. The van der Waals surface area contributed by atoms with Gasteiger partial charge in [0.25, 0.3) is 5.69 Å². The van der Waals surface area contributed by atoms with Crippen LogP contribution in [0.5, 0.6) is 0 Å². The summed E-state index contributed by atoms with van der Waals surface area (Å²) in [6.45, 7) is 0. The standard InChI is InChI=1S/C10H10BrN3O4/c11-4-8(15)10(16)9-6-2-1-5(14(17)18)3-7(6)12-13-9/h1-3,8,10,15-16H,4H2,(H,12,13). The van der Waals surface area contributed by atoms with E-state index in [1.54, 1.807) is 0 Å². The Morgan fingerprint density at radius 1 is 1.50 bits per heavy atom. The Bertz CT molecular complexity index is 586. The van der Waals surface area contributed by atoms with E-state index < -0.39 is 17.1 Å². The summed E-state index contributed by atoms with van der Waals surface area (Å²) in [7, 11) is 0. The van der Waals surface area contributed by atoms with Gasteiger partial charge in [0.05, 0.1) is 22.2 Å². The van der Waals surface area contributed by atoms with Crippen LogP contribution in [-0.2, 0) is 0 Å². The van der Waals surface area contributed by atoms with Gasteiger partial charge >= 0.3 is 0 Å². The first-order valence-corrected chi connectivity index (χ1v) is 6.21. The fourth-order valence-corrected chi connectivity index (χ4v) is 1.99. The molecule has 0 saturated carbocycles. The Hall–Kier alpha value is -1.51. The highest BCUT2D eigenvalue weighted by molar-refractivity contribution is 9.09. The first-order valence-electron chi connectivity index (χ1n) is 5.09. The Labute approximate surface area is 110 Å². The lowest BCUT2D eigenvalue weighted by Crippen LogP contribution is -2.20. The third-order valence-corrected chi connectivity index (χ3v) is 3.26. The summed E-state index contributed by atoms with van der Waals surface area (Å²) >= 11 is 3.06. The molecule has 2 atom stereocenters. The molecule has 0 fully saturated rings. The molecule has 0 amide bonds. The summed E-state index contributed by atoms with van der Waals surface area (Å²) in [5, 5.41) is 37.3. The van der Waals surface area contributed by atoms with Crippen LogP contribution in [-0.4, -0.2) is 36.8 Å². The lowest BCUT2D eigenvalue weighted by atomic mass is 10.1. The molecule has 3 N–H and O–H groups in total. The number of fused-ring (bicyclic) bond motifs is 1. The van der Waals surface area contributed by atoms with Crippen LogP contribution < -0.4 is 0 Å². The van der Waals surface area contributed by atoms with Crippen LogP contribution in [0.25, 0.3) is 10.9 Å². The van der Waals surface area contributed by atoms with E-state index in [2.05, 4.69) is 26.1 Å². The molecule has 7 nitrogen and oxygen atoms in total. The molecule has 0 radical (unpaired) electrons. The molecule has 2 rings (SSSR count). The van der Waals surface area contributed by atoms with Gasteiger partial charge < -0.3 is 10.2 Å². The van der Waals surface area contributed by atoms with Gasteiger partial charge in [-0.1, -0.05) is 15.9 Å². The molecule has 0 aliphatic heterocycles. The monoisotopic (exact) mass is 315 g/mol. The van der Waals surface area contributed by atoms with E-state index in [4.69, 9.17) is 0 Å². The van der Waals surface area contributed by atoms with Crippen molar-refractivity contribution in [1.82, 2.24) is 10.2 Å². The van der Waals surface area contributed by atoms with Crippen molar-refractivity contribution in [3.63, 3.8) is 0 Å². The van der Waals surface area contributed by atoms with Crippen molar-refractivity contribution in [3.05, 3.63) is 34.0 Å². The molecule has 1 aromatic heterocycles. The Balaban J connectivity index is 2.46. The number of nitro groups is 1. The van der Waals surface area contributed by atoms with Crippen LogP contribution in [0.15, 0.2) is 18.2 Å². The average Bonchev–Trinajstić information content (AvgIpc) is 2.79. The van der Waals surface area contributed by atoms with E-state index in [0.29, 0.717) is 16.6 Å². The fourth-order valence-electron chi connectivity index (χ4n) is 1.64. The maximum absolute atomic E-state index is 10.6. The molecule has 8 heteroatoms. The Kier molecular flexibility index (Phi) is 3.60. The summed E-state index contributed by atoms with van der Waals surface area (Å²) in [5.74, 6) is 0. The van der Waals surface area contributed by atoms with Gasteiger partial charge in [0.1, 0.15) is 6.10 Å². The van der Waals surface area contributed by atoms with Gasteiger partial charge in [-0.3, -0.25) is 15.2 Å². The van der Waals surface area contributed by atoms with Crippen molar-refractivity contribution in [2.45, 2.75) is 12.2 Å². The highest BCUT2D eigenvalue weighted by atomic mass is 79.9. The number of nitrogens with zero attached hydrogens (tertiary/aromatic N) is 2. The van der Waals surface area contributed by atoms with Crippen molar-refractivity contribution >= 4 is 32.5 Å². The first-order chi connectivity index (χ1) is 8.54. The molecule has 0 saturated heterocycles. The number of halogens is 1. The molecule has 0 bridgehead atoms. The minimum atomic E-state index is -1.13. The maximum atomic E-state index is 10.6. The summed E-state index contributed by atoms with van der Waals surface area (Å²) in [6, 6.07) is 4.13. The molecule has 1 heterocycles. The maximum Gasteiger partial charge on any atom is 0.271 e. The molecule has 2 aromatic rings. The van der Waals surface area contributed by atoms with Crippen molar-refractivity contribution in [3.8, 4) is 0 Å². The Morgan fingerprint density at radius 3 is 2.83 bits per heavy atom. The smallest absolute Gasteiger partial charge is 0.271 e. The number of H-pyrrole nitrogens is 1. The van der Waals surface area contributed by atoms with Gasteiger partial charge in [-0.25, -0.2) is 0 Å². The van der Waals surface area contributed by atoms with Crippen molar-refractivity contribution in [1.29, 1.82) is 0 Å².